The van der Waals surface area contributed by atoms with E-state index in [1.54, 1.807) is 0 Å². The predicted molar refractivity (Wildman–Crippen MR) is 143 cm³/mol. The summed E-state index contributed by atoms with van der Waals surface area (Å²) in [4.78, 5) is 30.2. The molecule has 0 spiro atoms. The van der Waals surface area contributed by atoms with Crippen LogP contribution in [0.5, 0.6) is 0 Å². The van der Waals surface area contributed by atoms with Gasteiger partial charge in [-0.2, -0.15) is 0 Å². The molecule has 3 aliphatic carbocycles. The Morgan fingerprint density at radius 2 is 1.84 bits per heavy atom. The number of fused-ring (bicyclic) bond motifs is 5. The minimum atomic E-state index is -0.356. The van der Waals surface area contributed by atoms with Crippen LogP contribution in [0.3, 0.4) is 0 Å². The third-order valence-electron chi connectivity index (χ3n) is 9.67. The van der Waals surface area contributed by atoms with Crippen molar-refractivity contribution in [2.45, 2.75) is 76.0 Å². The summed E-state index contributed by atoms with van der Waals surface area (Å²) in [6.07, 6.45) is 10.7. The standard InChI is InChI=1S/C31H37N3O3/c35-18-25-27-17-34-26(13-12-24(31(34)37)20-6-2-1-3-7-20)29(33(27)16-19-10-11-19)28(25)30(36)32-23-14-21-8-4-5-9-22(21)15-23/h4-6,8-9,12-13,19,23,25,27-29,35H,1-3,7,10-11,14-18H2,(H,32,36)/t25-,27-,28+,29+/m0/s1. The van der Waals surface area contributed by atoms with E-state index in [1.165, 1.54) is 36.0 Å². The van der Waals surface area contributed by atoms with Gasteiger partial charge in [0.1, 0.15) is 0 Å². The highest BCUT2D eigenvalue weighted by atomic mass is 16.3. The van der Waals surface area contributed by atoms with Crippen LogP contribution in [0.4, 0.5) is 0 Å². The van der Waals surface area contributed by atoms with Crippen LogP contribution in [0.2, 0.25) is 0 Å². The number of rotatable bonds is 6. The number of hydrogen-bond acceptors (Lipinski definition) is 4. The average Bonchev–Trinajstić information content (AvgIpc) is 3.59. The maximum absolute atomic E-state index is 14.0. The summed E-state index contributed by atoms with van der Waals surface area (Å²) >= 11 is 0. The van der Waals surface area contributed by atoms with Gasteiger partial charge in [0.15, 0.2) is 0 Å². The molecule has 4 atom stereocenters. The maximum atomic E-state index is 14.0. The van der Waals surface area contributed by atoms with Gasteiger partial charge in [-0.1, -0.05) is 30.3 Å². The molecule has 1 aromatic carbocycles. The van der Waals surface area contributed by atoms with Gasteiger partial charge in [0.2, 0.25) is 5.91 Å². The van der Waals surface area contributed by atoms with E-state index in [0.29, 0.717) is 12.5 Å². The second kappa shape index (κ2) is 9.25. The van der Waals surface area contributed by atoms with Crippen molar-refractivity contribution in [1.29, 1.82) is 0 Å². The van der Waals surface area contributed by atoms with E-state index < -0.39 is 0 Å². The summed E-state index contributed by atoms with van der Waals surface area (Å²) in [5.41, 5.74) is 5.66. The molecule has 1 aromatic heterocycles. The predicted octanol–water partition coefficient (Wildman–Crippen LogP) is 3.46. The Morgan fingerprint density at radius 1 is 1.05 bits per heavy atom. The van der Waals surface area contributed by atoms with Crippen molar-refractivity contribution in [2.75, 3.05) is 13.2 Å². The van der Waals surface area contributed by atoms with Crippen molar-refractivity contribution < 1.29 is 9.90 Å². The Labute approximate surface area is 218 Å². The molecule has 1 saturated carbocycles. The maximum Gasteiger partial charge on any atom is 0.258 e. The quantitative estimate of drug-likeness (QED) is 0.639. The number of hydrogen-bond donors (Lipinski definition) is 2. The van der Waals surface area contributed by atoms with Gasteiger partial charge < -0.3 is 15.0 Å². The first-order chi connectivity index (χ1) is 18.1. The summed E-state index contributed by atoms with van der Waals surface area (Å²) in [5.74, 6) is 0.167. The van der Waals surface area contributed by atoms with E-state index >= 15 is 0 Å². The van der Waals surface area contributed by atoms with Crippen LogP contribution >= 0.6 is 0 Å². The molecular weight excluding hydrogens is 462 g/mol. The van der Waals surface area contributed by atoms with Gasteiger partial charge in [-0.3, -0.25) is 14.5 Å². The van der Waals surface area contributed by atoms with Gasteiger partial charge in [0.05, 0.1) is 12.0 Å². The van der Waals surface area contributed by atoms with Crippen LogP contribution < -0.4 is 10.9 Å². The molecular formula is C31H37N3O3. The fourth-order valence-electron chi connectivity index (χ4n) is 7.66. The van der Waals surface area contributed by atoms with Crippen LogP contribution in [0.15, 0.2) is 47.3 Å². The molecule has 0 radical (unpaired) electrons. The highest BCUT2D eigenvalue weighted by Gasteiger charge is 2.56. The lowest BCUT2D eigenvalue weighted by Gasteiger charge is -2.38. The molecule has 7 rings (SSSR count). The second-order valence-electron chi connectivity index (χ2n) is 12.0. The largest absolute Gasteiger partial charge is 0.396 e. The number of pyridine rings is 1. The molecule has 5 aliphatic rings. The Kier molecular flexibility index (Phi) is 5.85. The van der Waals surface area contributed by atoms with Gasteiger partial charge >= 0.3 is 0 Å². The molecule has 6 nitrogen and oxygen atoms in total. The molecule has 3 heterocycles. The number of carbonyl (C=O) groups excluding carboxylic acids is 1. The van der Waals surface area contributed by atoms with E-state index in [2.05, 4.69) is 46.6 Å². The summed E-state index contributed by atoms with van der Waals surface area (Å²) in [5, 5.41) is 14.0. The first kappa shape index (κ1) is 23.4. The number of benzene rings is 1. The normalized spacial score (nSPS) is 29.1. The lowest BCUT2D eigenvalue weighted by atomic mass is 9.86. The number of nitrogens with zero attached hydrogens (tertiary/aromatic N) is 2. The molecule has 1 amide bonds. The van der Waals surface area contributed by atoms with Gasteiger partial charge in [0, 0.05) is 49.0 Å². The average molecular weight is 500 g/mol. The molecule has 2 aromatic rings. The van der Waals surface area contributed by atoms with E-state index in [9.17, 15) is 14.7 Å². The van der Waals surface area contributed by atoms with E-state index in [0.717, 1.165) is 49.9 Å². The Hall–Kier alpha value is -2.70. The molecule has 194 valence electrons. The molecule has 6 heteroatoms. The zero-order valence-corrected chi connectivity index (χ0v) is 21.4. The van der Waals surface area contributed by atoms with Crippen LogP contribution in [0.25, 0.3) is 5.57 Å². The monoisotopic (exact) mass is 499 g/mol. The number of carbonyl (C=O) groups is 1. The van der Waals surface area contributed by atoms with E-state index in [4.69, 9.17) is 0 Å². The topological polar surface area (TPSA) is 74.6 Å². The van der Waals surface area contributed by atoms with Gasteiger partial charge in [0.25, 0.3) is 5.56 Å². The smallest absolute Gasteiger partial charge is 0.258 e. The second-order valence-corrected chi connectivity index (χ2v) is 12.0. The molecule has 2 N–H and O–H groups in total. The molecule has 2 aliphatic heterocycles. The summed E-state index contributed by atoms with van der Waals surface area (Å²) in [7, 11) is 0. The number of allylic oxidation sites excluding steroid dienone is 2. The van der Waals surface area contributed by atoms with Crippen LogP contribution in [0, 0.1) is 17.8 Å². The Balaban J connectivity index is 1.23. The van der Waals surface area contributed by atoms with Crippen molar-refractivity contribution in [1.82, 2.24) is 14.8 Å². The first-order valence-corrected chi connectivity index (χ1v) is 14.3. The third-order valence-corrected chi connectivity index (χ3v) is 9.67. The number of aromatic nitrogens is 1. The number of aliphatic hydroxyl groups excluding tert-OH is 1. The van der Waals surface area contributed by atoms with Crippen molar-refractivity contribution in [2.24, 2.45) is 17.8 Å². The van der Waals surface area contributed by atoms with Gasteiger partial charge in [-0.25, -0.2) is 0 Å². The molecule has 0 unspecified atom stereocenters. The molecule has 2 fully saturated rings. The van der Waals surface area contributed by atoms with Crippen LogP contribution in [-0.2, 0) is 24.2 Å². The van der Waals surface area contributed by atoms with Crippen molar-refractivity contribution in [3.05, 3.63) is 75.2 Å². The fourth-order valence-corrected chi connectivity index (χ4v) is 7.66. The zero-order valence-electron chi connectivity index (χ0n) is 21.4. The minimum absolute atomic E-state index is 0.00732. The zero-order chi connectivity index (χ0) is 25.1. The molecule has 1 saturated heterocycles. The minimum Gasteiger partial charge on any atom is -0.396 e. The first-order valence-electron chi connectivity index (χ1n) is 14.3. The number of aliphatic hydroxyl groups is 1. The van der Waals surface area contributed by atoms with E-state index in [1.807, 2.05) is 10.6 Å². The summed E-state index contributed by atoms with van der Waals surface area (Å²) < 4.78 is 1.95. The number of nitrogens with one attached hydrogen (secondary N) is 1. The lowest BCUT2D eigenvalue weighted by Crippen LogP contribution is -2.47. The number of amides is 1. The van der Waals surface area contributed by atoms with Gasteiger partial charge in [-0.15, -0.1) is 0 Å². The Morgan fingerprint density at radius 3 is 2.51 bits per heavy atom. The highest BCUT2D eigenvalue weighted by Crippen LogP contribution is 2.50. The van der Waals surface area contributed by atoms with Crippen molar-refractivity contribution in [3.63, 3.8) is 0 Å². The van der Waals surface area contributed by atoms with Crippen molar-refractivity contribution in [3.8, 4) is 0 Å². The Bertz CT molecular complexity index is 1280. The van der Waals surface area contributed by atoms with Gasteiger partial charge in [-0.05, 0) is 86.1 Å². The summed E-state index contributed by atoms with van der Waals surface area (Å²) in [6.45, 7) is 1.47. The SMILES string of the molecule is O=C(NC1Cc2ccccc2C1)[C@@H]1[C@@H](CO)[C@@H]2Cn3c(ccc(C4=CCCCC4)c3=O)[C@H]1N2CC1CC1. The van der Waals surface area contributed by atoms with Crippen LogP contribution in [-0.4, -0.2) is 45.7 Å². The van der Waals surface area contributed by atoms with Crippen LogP contribution in [0.1, 0.15) is 67.0 Å². The molecule has 37 heavy (non-hydrogen) atoms. The third kappa shape index (κ3) is 4.00. The summed E-state index contributed by atoms with van der Waals surface area (Å²) in [6, 6.07) is 12.5. The lowest BCUT2D eigenvalue weighted by molar-refractivity contribution is -0.128. The highest BCUT2D eigenvalue weighted by molar-refractivity contribution is 5.81. The fraction of sp³-hybridized carbons (Fsp3) is 0.548. The van der Waals surface area contributed by atoms with Crippen molar-refractivity contribution >= 4 is 11.5 Å². The van der Waals surface area contributed by atoms with E-state index in [-0.39, 0.29) is 48.0 Å². The molecule has 2 bridgehead atoms.